The number of ether oxygens (including phenoxy) is 1. The van der Waals surface area contributed by atoms with Crippen molar-refractivity contribution in [3.63, 3.8) is 0 Å². The zero-order valence-electron chi connectivity index (χ0n) is 16.7. The molecule has 0 radical (unpaired) electrons. The van der Waals surface area contributed by atoms with Crippen LogP contribution in [0.1, 0.15) is 24.1 Å². The summed E-state index contributed by atoms with van der Waals surface area (Å²) in [5, 5.41) is 11.4. The van der Waals surface area contributed by atoms with Gasteiger partial charge in [0, 0.05) is 23.0 Å². The van der Waals surface area contributed by atoms with Gasteiger partial charge in [0.25, 0.3) is 0 Å². The van der Waals surface area contributed by atoms with Gasteiger partial charge < -0.3 is 14.4 Å². The fraction of sp³-hybridized carbons (Fsp3) is 0.231. The van der Waals surface area contributed by atoms with E-state index in [0.29, 0.717) is 6.54 Å². The van der Waals surface area contributed by atoms with E-state index >= 15 is 0 Å². The molecule has 0 bridgehead atoms. The Morgan fingerprint density at radius 1 is 0.933 bits per heavy atom. The highest BCUT2D eigenvalue weighted by Crippen LogP contribution is 2.37. The van der Waals surface area contributed by atoms with E-state index in [1.54, 1.807) is 12.1 Å². The smallest absolute Gasteiger partial charge is 0.123 e. The zero-order valence-corrected chi connectivity index (χ0v) is 16.7. The van der Waals surface area contributed by atoms with Gasteiger partial charge in [0.05, 0.1) is 18.9 Å². The number of para-hydroxylation sites is 1. The average molecular weight is 401 g/mol. The summed E-state index contributed by atoms with van der Waals surface area (Å²) in [6.07, 6.45) is 2.54. The number of fused-ring (bicyclic) bond motifs is 1. The molecule has 3 nitrogen and oxygen atoms in total. The normalized spacial score (nSPS) is 13.7. The predicted molar refractivity (Wildman–Crippen MR) is 117 cm³/mol. The summed E-state index contributed by atoms with van der Waals surface area (Å²) in [7, 11) is 0. The van der Waals surface area contributed by atoms with E-state index in [1.807, 2.05) is 24.3 Å². The first-order chi connectivity index (χ1) is 14.7. The monoisotopic (exact) mass is 401 g/mol. The highest BCUT2D eigenvalue weighted by Gasteiger charge is 2.22. The van der Waals surface area contributed by atoms with Crippen molar-refractivity contribution in [3.8, 4) is 16.9 Å². The van der Waals surface area contributed by atoms with Crippen LogP contribution in [-0.2, 0) is 13.2 Å². The number of nitrogens with zero attached hydrogens (tertiary/aromatic N) is 1. The maximum Gasteiger partial charge on any atom is 0.123 e. The number of aromatic nitrogens is 1. The van der Waals surface area contributed by atoms with Crippen LogP contribution < -0.4 is 4.74 Å². The van der Waals surface area contributed by atoms with Crippen LogP contribution in [0.2, 0.25) is 0 Å². The first kappa shape index (κ1) is 18.9. The van der Waals surface area contributed by atoms with Crippen LogP contribution in [0.25, 0.3) is 22.0 Å². The van der Waals surface area contributed by atoms with Gasteiger partial charge in [-0.3, -0.25) is 0 Å². The Balaban J connectivity index is 1.55. The Kier molecular flexibility index (Phi) is 5.01. The lowest BCUT2D eigenvalue weighted by Gasteiger charge is -2.11. The zero-order chi connectivity index (χ0) is 20.5. The van der Waals surface area contributed by atoms with Gasteiger partial charge in [0.2, 0.25) is 0 Å². The van der Waals surface area contributed by atoms with Crippen molar-refractivity contribution in [3.05, 3.63) is 89.9 Å². The van der Waals surface area contributed by atoms with Gasteiger partial charge in [-0.15, -0.1) is 0 Å². The van der Waals surface area contributed by atoms with Gasteiger partial charge >= 0.3 is 0 Å². The van der Waals surface area contributed by atoms with Crippen LogP contribution in [0, 0.1) is 11.7 Å². The molecule has 4 aromatic rings. The Bertz CT molecular complexity index is 1160. The summed E-state index contributed by atoms with van der Waals surface area (Å²) in [5.41, 5.74) is 4.97. The molecule has 3 aromatic carbocycles. The van der Waals surface area contributed by atoms with Crippen molar-refractivity contribution < 1.29 is 14.2 Å². The summed E-state index contributed by atoms with van der Waals surface area (Å²) in [4.78, 5) is 0. The van der Waals surface area contributed by atoms with Crippen LogP contribution >= 0.6 is 0 Å². The van der Waals surface area contributed by atoms with Gasteiger partial charge in [-0.05, 0) is 60.2 Å². The summed E-state index contributed by atoms with van der Waals surface area (Å²) in [6.45, 7) is 1.28. The molecule has 1 fully saturated rings. The molecule has 0 unspecified atom stereocenters. The minimum Gasteiger partial charge on any atom is -0.493 e. The summed E-state index contributed by atoms with van der Waals surface area (Å²) >= 11 is 0. The molecule has 30 heavy (non-hydrogen) atoms. The third kappa shape index (κ3) is 3.71. The quantitative estimate of drug-likeness (QED) is 0.426. The first-order valence-electron chi connectivity index (χ1n) is 10.4. The molecule has 1 heterocycles. The molecule has 0 amide bonds. The molecule has 0 aliphatic heterocycles. The predicted octanol–water partition coefficient (Wildman–Crippen LogP) is 5.78. The number of aliphatic hydroxyl groups is 1. The van der Waals surface area contributed by atoms with Crippen LogP contribution in [0.4, 0.5) is 4.39 Å². The molecule has 5 rings (SSSR count). The number of halogens is 1. The highest BCUT2D eigenvalue weighted by atomic mass is 19.1. The fourth-order valence-corrected chi connectivity index (χ4v) is 4.01. The molecular weight excluding hydrogens is 377 g/mol. The molecule has 1 aliphatic carbocycles. The number of benzene rings is 3. The van der Waals surface area contributed by atoms with E-state index in [1.165, 1.54) is 25.0 Å². The van der Waals surface area contributed by atoms with Crippen molar-refractivity contribution >= 4 is 10.9 Å². The van der Waals surface area contributed by atoms with Crippen molar-refractivity contribution in [2.75, 3.05) is 6.61 Å². The molecular formula is C26H24FNO2. The van der Waals surface area contributed by atoms with Crippen LogP contribution in [0.3, 0.4) is 0 Å². The van der Waals surface area contributed by atoms with Gasteiger partial charge in [-0.25, -0.2) is 4.39 Å². The Labute approximate surface area is 175 Å². The molecule has 1 aliphatic rings. The Morgan fingerprint density at radius 3 is 2.37 bits per heavy atom. The van der Waals surface area contributed by atoms with E-state index in [4.69, 9.17) is 4.74 Å². The molecule has 1 N–H and O–H groups in total. The Hall–Kier alpha value is -3.11. The summed E-state index contributed by atoms with van der Waals surface area (Å²) in [6, 6.07) is 22.8. The van der Waals surface area contributed by atoms with E-state index in [2.05, 4.69) is 28.8 Å². The fourth-order valence-electron chi connectivity index (χ4n) is 4.01. The van der Waals surface area contributed by atoms with E-state index in [9.17, 15) is 9.50 Å². The average Bonchev–Trinajstić information content (AvgIpc) is 3.56. The van der Waals surface area contributed by atoms with Gasteiger partial charge in [-0.2, -0.15) is 0 Å². The lowest BCUT2D eigenvalue weighted by atomic mass is 10.0. The van der Waals surface area contributed by atoms with Crippen molar-refractivity contribution in [2.45, 2.75) is 26.0 Å². The van der Waals surface area contributed by atoms with Crippen molar-refractivity contribution in [1.29, 1.82) is 0 Å². The highest BCUT2D eigenvalue weighted by molar-refractivity contribution is 5.98. The lowest BCUT2D eigenvalue weighted by Crippen LogP contribution is -2.05. The maximum absolute atomic E-state index is 13.3. The second-order valence-electron chi connectivity index (χ2n) is 7.99. The number of rotatable bonds is 7. The third-order valence-corrected chi connectivity index (χ3v) is 5.81. The minimum atomic E-state index is -0.247. The second kappa shape index (κ2) is 7.96. The topological polar surface area (TPSA) is 34.4 Å². The number of hydrogen-bond donors (Lipinski definition) is 1. The van der Waals surface area contributed by atoms with Crippen LogP contribution in [0.5, 0.6) is 5.75 Å². The van der Waals surface area contributed by atoms with E-state index in [-0.39, 0.29) is 12.4 Å². The van der Waals surface area contributed by atoms with Gasteiger partial charge in [0.1, 0.15) is 11.6 Å². The molecule has 0 spiro atoms. The maximum atomic E-state index is 13.3. The standard InChI is InChI=1S/C26H24FNO2/c27-21-11-7-18(8-12-21)15-28-24-4-2-1-3-23(24)26(25(28)16-29)20-9-13-22(14-10-20)30-17-19-5-6-19/h1-4,7-14,19,29H,5-6,15-17H2. The van der Waals surface area contributed by atoms with Crippen LogP contribution in [-0.4, -0.2) is 16.3 Å². The molecule has 0 atom stereocenters. The first-order valence-corrected chi connectivity index (χ1v) is 10.4. The SMILES string of the molecule is OCc1c(-c2ccc(OCC3CC3)cc2)c2ccccc2n1Cc1ccc(F)cc1. The van der Waals surface area contributed by atoms with Crippen molar-refractivity contribution in [2.24, 2.45) is 5.92 Å². The molecule has 152 valence electrons. The number of aliphatic hydroxyl groups excluding tert-OH is 1. The lowest BCUT2D eigenvalue weighted by molar-refractivity contribution is 0.273. The van der Waals surface area contributed by atoms with Crippen molar-refractivity contribution in [1.82, 2.24) is 4.57 Å². The third-order valence-electron chi connectivity index (χ3n) is 5.81. The molecule has 1 aromatic heterocycles. The largest absolute Gasteiger partial charge is 0.493 e. The number of hydrogen-bond acceptors (Lipinski definition) is 2. The summed E-state index contributed by atoms with van der Waals surface area (Å²) in [5.74, 6) is 1.35. The second-order valence-corrected chi connectivity index (χ2v) is 7.99. The Morgan fingerprint density at radius 2 is 1.67 bits per heavy atom. The van der Waals surface area contributed by atoms with Gasteiger partial charge in [0.15, 0.2) is 0 Å². The van der Waals surface area contributed by atoms with E-state index in [0.717, 1.165) is 51.6 Å². The minimum absolute atomic E-state index is 0.0782. The van der Waals surface area contributed by atoms with Gasteiger partial charge in [-0.1, -0.05) is 42.5 Å². The van der Waals surface area contributed by atoms with Crippen LogP contribution in [0.15, 0.2) is 72.8 Å². The molecule has 0 saturated heterocycles. The van der Waals surface area contributed by atoms with E-state index < -0.39 is 0 Å². The molecule has 1 saturated carbocycles. The molecule has 4 heteroatoms. The summed E-state index contributed by atoms with van der Waals surface area (Å²) < 4.78 is 21.3.